The summed E-state index contributed by atoms with van der Waals surface area (Å²) in [7, 11) is 0. The predicted octanol–water partition coefficient (Wildman–Crippen LogP) is 4.43. The van der Waals surface area contributed by atoms with Crippen LogP contribution in [0.4, 0.5) is 22.1 Å². The number of amides is 1. The fraction of sp³-hybridized carbons (Fsp3) is 0.182. The summed E-state index contributed by atoms with van der Waals surface area (Å²) in [6.45, 7) is 3.17. The van der Waals surface area contributed by atoms with Crippen molar-refractivity contribution < 1.29 is 4.79 Å². The van der Waals surface area contributed by atoms with E-state index >= 15 is 0 Å². The molecule has 1 amide bonds. The first-order valence-corrected chi connectivity index (χ1v) is 10.7. The van der Waals surface area contributed by atoms with Crippen LogP contribution in [0.5, 0.6) is 0 Å². The first-order valence-electron chi connectivity index (χ1n) is 9.51. The van der Waals surface area contributed by atoms with E-state index in [-0.39, 0.29) is 11.6 Å². The van der Waals surface area contributed by atoms with Gasteiger partial charge < -0.3 is 20.9 Å². The van der Waals surface area contributed by atoms with Crippen LogP contribution in [-0.4, -0.2) is 32.1 Å². The number of piperazine rings is 1. The van der Waals surface area contributed by atoms with Crippen LogP contribution in [0.2, 0.25) is 5.02 Å². The van der Waals surface area contributed by atoms with Gasteiger partial charge in [-0.3, -0.25) is 4.79 Å². The number of carbonyl (C=O) groups is 1. The smallest absolute Gasteiger partial charge is 0.267 e. The van der Waals surface area contributed by atoms with Gasteiger partial charge in [-0.25, -0.2) is 0 Å². The molecule has 1 aliphatic rings. The second-order valence-electron chi connectivity index (χ2n) is 6.91. The molecule has 0 bridgehead atoms. The van der Waals surface area contributed by atoms with E-state index < -0.39 is 0 Å². The van der Waals surface area contributed by atoms with Crippen LogP contribution in [0, 0.1) is 11.3 Å². The number of benzene rings is 2. The largest absolute Gasteiger partial charge is 0.396 e. The van der Waals surface area contributed by atoms with Crippen molar-refractivity contribution in [3.05, 3.63) is 70.1 Å². The molecule has 4 rings (SSSR count). The number of halogens is 1. The van der Waals surface area contributed by atoms with Crippen LogP contribution in [-0.2, 0) is 0 Å². The maximum Gasteiger partial charge on any atom is 0.267 e. The zero-order valence-electron chi connectivity index (χ0n) is 16.1. The maximum atomic E-state index is 12.8. The van der Waals surface area contributed by atoms with Crippen LogP contribution < -0.4 is 20.9 Å². The van der Waals surface area contributed by atoms with Crippen molar-refractivity contribution in [1.29, 1.82) is 5.26 Å². The van der Waals surface area contributed by atoms with E-state index in [1.807, 2.05) is 18.2 Å². The Hall–Kier alpha value is -3.21. The maximum absolute atomic E-state index is 12.8. The average Bonchev–Trinajstić information content (AvgIpc) is 3.12. The highest BCUT2D eigenvalue weighted by Crippen LogP contribution is 2.39. The minimum absolute atomic E-state index is 0.231. The number of nitrogens with zero attached hydrogens (tertiary/aromatic N) is 3. The van der Waals surface area contributed by atoms with Crippen molar-refractivity contribution in [2.24, 2.45) is 0 Å². The van der Waals surface area contributed by atoms with E-state index in [9.17, 15) is 10.1 Å². The Kier molecular flexibility index (Phi) is 5.79. The SMILES string of the molecule is N#Cc1c(N2CCN(c3ccccc3)CC2)sc(C(=O)Nc2ccc(Cl)cc2)c1N. The number of nitrogen functional groups attached to an aromatic ring is 1. The summed E-state index contributed by atoms with van der Waals surface area (Å²) in [5, 5.41) is 13.8. The summed E-state index contributed by atoms with van der Waals surface area (Å²) in [5.74, 6) is -0.328. The van der Waals surface area contributed by atoms with Gasteiger partial charge >= 0.3 is 0 Å². The third-order valence-corrected chi connectivity index (χ3v) is 6.55. The van der Waals surface area contributed by atoms with Crippen LogP contribution in [0.25, 0.3) is 0 Å². The molecule has 30 heavy (non-hydrogen) atoms. The van der Waals surface area contributed by atoms with Crippen molar-refractivity contribution in [3.8, 4) is 6.07 Å². The summed E-state index contributed by atoms with van der Waals surface area (Å²) < 4.78 is 0. The van der Waals surface area contributed by atoms with Gasteiger partial charge in [-0.05, 0) is 36.4 Å². The van der Waals surface area contributed by atoms with Crippen LogP contribution in [0.3, 0.4) is 0 Å². The fourth-order valence-electron chi connectivity index (χ4n) is 3.46. The van der Waals surface area contributed by atoms with E-state index in [0.717, 1.165) is 31.2 Å². The van der Waals surface area contributed by atoms with Crippen LogP contribution >= 0.6 is 22.9 Å². The van der Waals surface area contributed by atoms with Gasteiger partial charge in [0.2, 0.25) is 0 Å². The highest BCUT2D eigenvalue weighted by Gasteiger charge is 2.27. The lowest BCUT2D eigenvalue weighted by molar-refractivity contribution is 0.103. The molecule has 0 unspecified atom stereocenters. The number of anilines is 4. The van der Waals surface area contributed by atoms with Gasteiger partial charge in [-0.15, -0.1) is 11.3 Å². The molecule has 2 aromatic carbocycles. The Bertz CT molecular complexity index is 1080. The Balaban J connectivity index is 1.51. The number of nitriles is 1. The molecule has 1 aromatic heterocycles. The molecule has 152 valence electrons. The predicted molar refractivity (Wildman–Crippen MR) is 124 cm³/mol. The molecule has 0 saturated carbocycles. The minimum Gasteiger partial charge on any atom is -0.396 e. The Morgan fingerprint density at radius 3 is 2.30 bits per heavy atom. The molecular weight excluding hydrogens is 418 g/mol. The monoisotopic (exact) mass is 437 g/mol. The molecule has 0 atom stereocenters. The molecule has 3 aromatic rings. The number of rotatable bonds is 4. The average molecular weight is 438 g/mol. The molecule has 1 aliphatic heterocycles. The van der Waals surface area contributed by atoms with Gasteiger partial charge in [-0.1, -0.05) is 29.8 Å². The van der Waals surface area contributed by atoms with Gasteiger partial charge in [-0.2, -0.15) is 5.26 Å². The molecule has 6 nitrogen and oxygen atoms in total. The van der Waals surface area contributed by atoms with Crippen molar-refractivity contribution >= 4 is 50.9 Å². The second-order valence-corrected chi connectivity index (χ2v) is 8.34. The standard InChI is InChI=1S/C22H20ClN5OS/c23-15-6-8-16(9-7-15)26-21(29)20-19(25)18(14-24)22(30-20)28-12-10-27(11-13-28)17-4-2-1-3-5-17/h1-9H,10-13,25H2,(H,26,29). The first kappa shape index (κ1) is 20.1. The summed E-state index contributed by atoms with van der Waals surface area (Å²) in [5.41, 5.74) is 8.59. The zero-order valence-corrected chi connectivity index (χ0v) is 17.7. The van der Waals surface area contributed by atoms with E-state index in [1.54, 1.807) is 24.3 Å². The Morgan fingerprint density at radius 1 is 1.03 bits per heavy atom. The number of nitrogens with one attached hydrogen (secondary N) is 1. The number of carbonyl (C=O) groups excluding carboxylic acids is 1. The van der Waals surface area contributed by atoms with Crippen LogP contribution in [0.1, 0.15) is 15.2 Å². The van der Waals surface area contributed by atoms with Crippen LogP contribution in [0.15, 0.2) is 54.6 Å². The number of para-hydroxylation sites is 1. The van der Waals surface area contributed by atoms with Gasteiger partial charge in [0.05, 0.1) is 5.69 Å². The number of thiophene rings is 1. The molecule has 0 aliphatic carbocycles. The molecule has 1 fully saturated rings. The third-order valence-electron chi connectivity index (χ3n) is 5.03. The quantitative estimate of drug-likeness (QED) is 0.630. The summed E-state index contributed by atoms with van der Waals surface area (Å²) >= 11 is 7.16. The zero-order chi connectivity index (χ0) is 21.1. The second kappa shape index (κ2) is 8.66. The molecule has 1 saturated heterocycles. The molecule has 0 radical (unpaired) electrons. The van der Waals surface area contributed by atoms with Gasteiger partial charge in [0.25, 0.3) is 5.91 Å². The first-order chi connectivity index (χ1) is 14.6. The summed E-state index contributed by atoms with van der Waals surface area (Å²) in [6.07, 6.45) is 0. The summed E-state index contributed by atoms with van der Waals surface area (Å²) in [4.78, 5) is 17.6. The number of hydrogen-bond donors (Lipinski definition) is 2. The van der Waals surface area contributed by atoms with Gasteiger partial charge in [0.1, 0.15) is 21.5 Å². The van der Waals surface area contributed by atoms with Crippen molar-refractivity contribution in [2.75, 3.05) is 47.0 Å². The van der Waals surface area contributed by atoms with Crippen molar-refractivity contribution in [1.82, 2.24) is 0 Å². The molecule has 0 spiro atoms. The van der Waals surface area contributed by atoms with E-state index in [1.165, 1.54) is 17.0 Å². The molecule has 2 heterocycles. The molecule has 3 N–H and O–H groups in total. The van der Waals surface area contributed by atoms with Crippen molar-refractivity contribution in [3.63, 3.8) is 0 Å². The molecular formula is C22H20ClN5OS. The Labute approximate surface area is 184 Å². The third kappa shape index (κ3) is 4.06. The van der Waals surface area contributed by atoms with Crippen molar-refractivity contribution in [2.45, 2.75) is 0 Å². The minimum atomic E-state index is -0.328. The highest BCUT2D eigenvalue weighted by atomic mass is 35.5. The lowest BCUT2D eigenvalue weighted by Gasteiger charge is -2.36. The lowest BCUT2D eigenvalue weighted by atomic mass is 10.2. The lowest BCUT2D eigenvalue weighted by Crippen LogP contribution is -2.46. The molecule has 8 heteroatoms. The number of hydrogen-bond acceptors (Lipinski definition) is 6. The number of nitrogens with two attached hydrogens (primary N) is 1. The van der Waals surface area contributed by atoms with E-state index in [0.29, 0.717) is 21.2 Å². The highest BCUT2D eigenvalue weighted by molar-refractivity contribution is 7.19. The normalized spacial score (nSPS) is 13.7. The fourth-order valence-corrected chi connectivity index (χ4v) is 4.70. The Morgan fingerprint density at radius 2 is 1.67 bits per heavy atom. The van der Waals surface area contributed by atoms with Gasteiger partial charge in [0.15, 0.2) is 0 Å². The van der Waals surface area contributed by atoms with Gasteiger partial charge in [0, 0.05) is 42.6 Å². The van der Waals surface area contributed by atoms with E-state index in [2.05, 4.69) is 33.3 Å². The topological polar surface area (TPSA) is 85.4 Å². The van der Waals surface area contributed by atoms with E-state index in [4.69, 9.17) is 17.3 Å². The summed E-state index contributed by atoms with van der Waals surface area (Å²) in [6, 6.07) is 19.3.